The first-order chi connectivity index (χ1) is 12.3. The molecule has 1 aromatic carbocycles. The molecule has 1 aliphatic rings. The summed E-state index contributed by atoms with van der Waals surface area (Å²) in [5.74, 6) is 1.37. The van der Waals surface area contributed by atoms with Crippen LogP contribution in [0.25, 0.3) is 0 Å². The van der Waals surface area contributed by atoms with Crippen molar-refractivity contribution < 1.29 is 4.79 Å². The first-order valence-electron chi connectivity index (χ1n) is 8.84. The van der Waals surface area contributed by atoms with Gasteiger partial charge in [0.15, 0.2) is 5.16 Å². The van der Waals surface area contributed by atoms with Crippen molar-refractivity contribution in [1.82, 2.24) is 25.0 Å². The minimum atomic E-state index is 0.0304. The van der Waals surface area contributed by atoms with E-state index >= 15 is 0 Å². The highest BCUT2D eigenvalue weighted by molar-refractivity contribution is 7.99. The van der Waals surface area contributed by atoms with Crippen LogP contribution in [0.1, 0.15) is 31.2 Å². The smallest absolute Gasteiger partial charge is 0.230 e. The van der Waals surface area contributed by atoms with Crippen molar-refractivity contribution in [3.05, 3.63) is 41.7 Å². The first-order valence-corrected chi connectivity index (χ1v) is 9.82. The van der Waals surface area contributed by atoms with Gasteiger partial charge in [-0.1, -0.05) is 42.1 Å². The second-order valence-corrected chi connectivity index (χ2v) is 7.14. The van der Waals surface area contributed by atoms with Crippen LogP contribution in [-0.4, -0.2) is 51.0 Å². The van der Waals surface area contributed by atoms with E-state index in [1.807, 2.05) is 25.1 Å². The Kier molecular flexibility index (Phi) is 6.47. The van der Waals surface area contributed by atoms with Crippen LogP contribution in [0.3, 0.4) is 0 Å². The summed E-state index contributed by atoms with van der Waals surface area (Å²) in [6.45, 7) is 6.38. The summed E-state index contributed by atoms with van der Waals surface area (Å²) >= 11 is 1.45. The quantitative estimate of drug-likeness (QED) is 0.732. The fourth-order valence-corrected chi connectivity index (χ4v) is 3.77. The average molecular weight is 359 g/mol. The molecule has 1 saturated heterocycles. The van der Waals surface area contributed by atoms with E-state index < -0.39 is 0 Å². The van der Waals surface area contributed by atoms with Crippen molar-refractivity contribution in [3.8, 4) is 0 Å². The Morgan fingerprint density at radius 1 is 1.16 bits per heavy atom. The Labute approximate surface area is 153 Å². The van der Waals surface area contributed by atoms with Crippen molar-refractivity contribution in [2.45, 2.75) is 38.0 Å². The summed E-state index contributed by atoms with van der Waals surface area (Å²) in [6.07, 6.45) is 2.51. The number of hydrogen-bond donors (Lipinski definition) is 1. The molecule has 2 heterocycles. The molecule has 1 aromatic heterocycles. The highest BCUT2D eigenvalue weighted by Crippen LogP contribution is 2.20. The monoisotopic (exact) mass is 359 g/mol. The zero-order valence-corrected chi connectivity index (χ0v) is 15.5. The highest BCUT2D eigenvalue weighted by Gasteiger charge is 2.19. The number of nitrogens with zero attached hydrogens (tertiary/aromatic N) is 4. The largest absolute Gasteiger partial charge is 0.356 e. The minimum absolute atomic E-state index is 0.0304. The van der Waals surface area contributed by atoms with Crippen LogP contribution in [0, 0.1) is 0 Å². The van der Waals surface area contributed by atoms with Gasteiger partial charge in [0.2, 0.25) is 5.91 Å². The predicted octanol–water partition coefficient (Wildman–Crippen LogP) is 2.15. The van der Waals surface area contributed by atoms with E-state index in [0.29, 0.717) is 12.3 Å². The molecule has 1 N–H and O–H groups in total. The molecule has 1 amide bonds. The third-order valence-corrected chi connectivity index (χ3v) is 5.21. The number of aromatic nitrogens is 3. The number of carbonyl (C=O) groups excluding carboxylic acids is 1. The van der Waals surface area contributed by atoms with Gasteiger partial charge in [-0.25, -0.2) is 0 Å². The molecule has 6 nitrogen and oxygen atoms in total. The van der Waals surface area contributed by atoms with Gasteiger partial charge in [-0.2, -0.15) is 0 Å². The SMILES string of the molecule is CCNC(=O)CSc1nnc(CN2CCCC2)n1Cc1ccccc1. The lowest BCUT2D eigenvalue weighted by atomic mass is 10.2. The third-order valence-electron chi connectivity index (χ3n) is 4.25. The predicted molar refractivity (Wildman–Crippen MR) is 99.5 cm³/mol. The van der Waals surface area contributed by atoms with Crippen LogP contribution in [0.5, 0.6) is 0 Å². The maximum absolute atomic E-state index is 11.8. The van der Waals surface area contributed by atoms with E-state index in [4.69, 9.17) is 0 Å². The molecular formula is C18H25N5OS. The van der Waals surface area contributed by atoms with Gasteiger partial charge < -0.3 is 9.88 Å². The molecule has 0 saturated carbocycles. The molecule has 0 bridgehead atoms. The topological polar surface area (TPSA) is 63.1 Å². The number of likely N-dealkylation sites (tertiary alicyclic amines) is 1. The first kappa shape index (κ1) is 17.9. The van der Waals surface area contributed by atoms with Crippen LogP contribution in [-0.2, 0) is 17.9 Å². The summed E-state index contributed by atoms with van der Waals surface area (Å²) in [7, 11) is 0. The van der Waals surface area contributed by atoms with E-state index in [2.05, 4.69) is 37.1 Å². The molecule has 1 fully saturated rings. The number of carbonyl (C=O) groups is 1. The minimum Gasteiger partial charge on any atom is -0.356 e. The number of amides is 1. The summed E-state index contributed by atoms with van der Waals surface area (Å²) in [6, 6.07) is 10.3. The van der Waals surface area contributed by atoms with Gasteiger partial charge in [-0.3, -0.25) is 9.69 Å². The number of rotatable bonds is 8. The lowest BCUT2D eigenvalue weighted by molar-refractivity contribution is -0.118. The van der Waals surface area contributed by atoms with Crippen LogP contribution in [0.2, 0.25) is 0 Å². The van der Waals surface area contributed by atoms with Gasteiger partial charge in [-0.15, -0.1) is 10.2 Å². The zero-order valence-electron chi connectivity index (χ0n) is 14.6. The van der Waals surface area contributed by atoms with E-state index in [9.17, 15) is 4.79 Å². The third kappa shape index (κ3) is 5.06. The molecule has 134 valence electrons. The van der Waals surface area contributed by atoms with Gasteiger partial charge >= 0.3 is 0 Å². The Bertz CT molecular complexity index is 682. The Morgan fingerprint density at radius 3 is 2.64 bits per heavy atom. The van der Waals surface area contributed by atoms with Crippen molar-refractivity contribution >= 4 is 17.7 Å². The number of nitrogens with one attached hydrogen (secondary N) is 1. The van der Waals surface area contributed by atoms with Crippen molar-refractivity contribution in [3.63, 3.8) is 0 Å². The van der Waals surface area contributed by atoms with E-state index in [0.717, 1.165) is 37.2 Å². The van der Waals surface area contributed by atoms with Gasteiger partial charge in [-0.05, 0) is 38.4 Å². The summed E-state index contributed by atoms with van der Waals surface area (Å²) < 4.78 is 2.15. The van der Waals surface area contributed by atoms with Crippen molar-refractivity contribution in [1.29, 1.82) is 0 Å². The van der Waals surface area contributed by atoms with E-state index in [-0.39, 0.29) is 5.91 Å². The molecular weight excluding hydrogens is 334 g/mol. The van der Waals surface area contributed by atoms with Gasteiger partial charge in [0.1, 0.15) is 5.82 Å². The maximum atomic E-state index is 11.8. The van der Waals surface area contributed by atoms with E-state index in [1.54, 1.807) is 0 Å². The van der Waals surface area contributed by atoms with Gasteiger partial charge in [0, 0.05) is 6.54 Å². The molecule has 25 heavy (non-hydrogen) atoms. The van der Waals surface area contributed by atoms with Gasteiger partial charge in [0.05, 0.1) is 18.8 Å². The van der Waals surface area contributed by atoms with Crippen molar-refractivity contribution in [2.24, 2.45) is 0 Å². The molecule has 7 heteroatoms. The van der Waals surface area contributed by atoms with Crippen LogP contribution in [0.4, 0.5) is 0 Å². The van der Waals surface area contributed by atoms with E-state index in [1.165, 1.54) is 30.2 Å². The normalized spacial score (nSPS) is 14.8. The molecule has 0 aliphatic carbocycles. The molecule has 0 atom stereocenters. The van der Waals surface area contributed by atoms with Crippen molar-refractivity contribution in [2.75, 3.05) is 25.4 Å². The van der Waals surface area contributed by atoms with Crippen LogP contribution < -0.4 is 5.32 Å². The summed E-state index contributed by atoms with van der Waals surface area (Å²) in [5, 5.41) is 12.4. The number of thioether (sulfide) groups is 1. The Morgan fingerprint density at radius 2 is 1.92 bits per heavy atom. The second kappa shape index (κ2) is 9.01. The highest BCUT2D eigenvalue weighted by atomic mass is 32.2. The Hall–Kier alpha value is -1.86. The molecule has 1 aliphatic heterocycles. The zero-order chi connectivity index (χ0) is 17.5. The lowest BCUT2D eigenvalue weighted by Crippen LogP contribution is -2.24. The molecule has 0 spiro atoms. The number of hydrogen-bond acceptors (Lipinski definition) is 5. The molecule has 0 radical (unpaired) electrons. The standard InChI is InChI=1S/C18H25N5OS/c1-2-19-17(24)14-25-18-21-20-16(13-22-10-6-7-11-22)23(18)12-15-8-4-3-5-9-15/h3-5,8-9H,2,6-7,10-14H2,1H3,(H,19,24). The van der Waals surface area contributed by atoms with Crippen LogP contribution >= 0.6 is 11.8 Å². The Balaban J connectivity index is 1.75. The van der Waals surface area contributed by atoms with Crippen LogP contribution in [0.15, 0.2) is 35.5 Å². The molecule has 2 aromatic rings. The lowest BCUT2D eigenvalue weighted by Gasteiger charge is -2.16. The van der Waals surface area contributed by atoms with Gasteiger partial charge in [0.25, 0.3) is 0 Å². The second-order valence-electron chi connectivity index (χ2n) is 6.20. The molecule has 3 rings (SSSR count). The number of benzene rings is 1. The molecule has 0 unspecified atom stereocenters. The summed E-state index contributed by atoms with van der Waals surface area (Å²) in [4.78, 5) is 14.2. The maximum Gasteiger partial charge on any atom is 0.230 e. The fourth-order valence-electron chi connectivity index (χ4n) is 2.99. The average Bonchev–Trinajstić information content (AvgIpc) is 3.26. The fraction of sp³-hybridized carbons (Fsp3) is 0.500. The summed E-state index contributed by atoms with van der Waals surface area (Å²) in [5.41, 5.74) is 1.21.